The van der Waals surface area contributed by atoms with Crippen molar-refractivity contribution in [3.05, 3.63) is 0 Å². The summed E-state index contributed by atoms with van der Waals surface area (Å²) in [6.45, 7) is 3.34. The number of carboxylic acids is 1. The zero-order chi connectivity index (χ0) is 12.6. The Bertz CT molecular complexity index is 233. The molecule has 6 nitrogen and oxygen atoms in total. The molecule has 0 bridgehead atoms. The second-order valence-electron chi connectivity index (χ2n) is 3.59. The molecule has 0 aromatic heterocycles. The maximum atomic E-state index is 11.4. The zero-order valence-corrected chi connectivity index (χ0v) is 9.69. The van der Waals surface area contributed by atoms with E-state index in [1.165, 1.54) is 0 Å². The van der Waals surface area contributed by atoms with E-state index in [2.05, 4.69) is 10.6 Å². The summed E-state index contributed by atoms with van der Waals surface area (Å²) in [7, 11) is 0. The van der Waals surface area contributed by atoms with Crippen LogP contribution in [0.1, 0.15) is 33.1 Å². The fraction of sp³-hybridized carbons (Fsp3) is 0.800. The molecule has 0 fully saturated rings. The Hall–Kier alpha value is -1.30. The van der Waals surface area contributed by atoms with Gasteiger partial charge in [-0.25, -0.2) is 9.59 Å². The number of aliphatic carboxylic acids is 1. The first-order chi connectivity index (χ1) is 7.54. The van der Waals surface area contributed by atoms with Crippen LogP contribution in [0.5, 0.6) is 0 Å². The van der Waals surface area contributed by atoms with E-state index in [9.17, 15) is 9.59 Å². The van der Waals surface area contributed by atoms with Crippen molar-refractivity contribution in [1.82, 2.24) is 10.6 Å². The van der Waals surface area contributed by atoms with Crippen molar-refractivity contribution >= 4 is 12.0 Å². The van der Waals surface area contributed by atoms with Crippen LogP contribution in [0.15, 0.2) is 0 Å². The Kier molecular flexibility index (Phi) is 7.28. The first-order valence-corrected chi connectivity index (χ1v) is 5.45. The van der Waals surface area contributed by atoms with Gasteiger partial charge in [0.1, 0.15) is 0 Å². The van der Waals surface area contributed by atoms with Crippen LogP contribution >= 0.6 is 0 Å². The van der Waals surface area contributed by atoms with E-state index in [1.807, 2.05) is 13.8 Å². The van der Waals surface area contributed by atoms with Gasteiger partial charge in [-0.05, 0) is 12.8 Å². The quantitative estimate of drug-likeness (QED) is 0.507. The molecule has 4 N–H and O–H groups in total. The molecule has 0 saturated heterocycles. The van der Waals surface area contributed by atoms with Gasteiger partial charge < -0.3 is 20.8 Å². The van der Waals surface area contributed by atoms with Gasteiger partial charge in [0.05, 0.1) is 6.61 Å². The Morgan fingerprint density at radius 1 is 1.25 bits per heavy atom. The highest BCUT2D eigenvalue weighted by Crippen LogP contribution is 2.00. The maximum Gasteiger partial charge on any atom is 0.328 e. The number of aliphatic hydroxyl groups is 1. The monoisotopic (exact) mass is 232 g/mol. The average Bonchev–Trinajstić information content (AvgIpc) is 2.24. The summed E-state index contributed by atoms with van der Waals surface area (Å²) in [5.41, 5.74) is 0. The molecular weight excluding hydrogens is 212 g/mol. The summed E-state index contributed by atoms with van der Waals surface area (Å²) in [4.78, 5) is 21.9. The minimum absolute atomic E-state index is 0.0399. The van der Waals surface area contributed by atoms with Gasteiger partial charge in [0.25, 0.3) is 0 Å². The molecule has 94 valence electrons. The van der Waals surface area contributed by atoms with Crippen molar-refractivity contribution in [3.63, 3.8) is 0 Å². The third-order valence-electron chi connectivity index (χ3n) is 2.25. The smallest absolute Gasteiger partial charge is 0.328 e. The Morgan fingerprint density at radius 3 is 2.25 bits per heavy atom. The molecule has 0 aliphatic heterocycles. The molecule has 0 heterocycles. The zero-order valence-electron chi connectivity index (χ0n) is 9.69. The fourth-order valence-corrected chi connectivity index (χ4v) is 1.30. The van der Waals surface area contributed by atoms with Crippen LogP contribution in [0.25, 0.3) is 0 Å². The molecular formula is C10H20N2O4. The number of hydrogen-bond acceptors (Lipinski definition) is 3. The van der Waals surface area contributed by atoms with Gasteiger partial charge in [-0.3, -0.25) is 0 Å². The van der Waals surface area contributed by atoms with Crippen LogP contribution in [0.3, 0.4) is 0 Å². The summed E-state index contributed by atoms with van der Waals surface area (Å²) in [5, 5.41) is 22.2. The normalized spacial score (nSPS) is 13.9. The highest BCUT2D eigenvalue weighted by atomic mass is 16.4. The molecule has 2 atom stereocenters. The van der Waals surface area contributed by atoms with E-state index in [4.69, 9.17) is 10.2 Å². The van der Waals surface area contributed by atoms with Gasteiger partial charge in [-0.1, -0.05) is 20.3 Å². The number of carbonyl (C=O) groups excluding carboxylic acids is 1. The number of carbonyl (C=O) groups is 2. The van der Waals surface area contributed by atoms with Crippen LogP contribution in [-0.2, 0) is 4.79 Å². The molecule has 16 heavy (non-hydrogen) atoms. The number of nitrogens with one attached hydrogen (secondary N) is 2. The van der Waals surface area contributed by atoms with Gasteiger partial charge in [0, 0.05) is 6.04 Å². The van der Waals surface area contributed by atoms with Crippen LogP contribution in [-0.4, -0.2) is 40.9 Å². The van der Waals surface area contributed by atoms with Crippen molar-refractivity contribution < 1.29 is 19.8 Å². The molecule has 0 saturated carbocycles. The van der Waals surface area contributed by atoms with Gasteiger partial charge in [0.15, 0.2) is 6.04 Å². The minimum Gasteiger partial charge on any atom is -0.480 e. The molecule has 2 amide bonds. The molecule has 6 heteroatoms. The molecule has 2 unspecified atom stereocenters. The first-order valence-electron chi connectivity index (χ1n) is 5.45. The third-order valence-corrected chi connectivity index (χ3v) is 2.25. The largest absolute Gasteiger partial charge is 0.480 e. The van der Waals surface area contributed by atoms with Gasteiger partial charge >= 0.3 is 12.0 Å². The van der Waals surface area contributed by atoms with Crippen LogP contribution in [0, 0.1) is 0 Å². The number of rotatable bonds is 7. The molecule has 0 spiro atoms. The van der Waals surface area contributed by atoms with Crippen LogP contribution < -0.4 is 10.6 Å². The summed E-state index contributed by atoms with van der Waals surface area (Å²) >= 11 is 0. The predicted molar refractivity (Wildman–Crippen MR) is 59.2 cm³/mol. The number of hydrogen-bond donors (Lipinski definition) is 4. The molecule has 0 aromatic rings. The lowest BCUT2D eigenvalue weighted by Gasteiger charge is -2.18. The minimum atomic E-state index is -1.25. The second kappa shape index (κ2) is 7.92. The van der Waals surface area contributed by atoms with Gasteiger partial charge in [-0.2, -0.15) is 0 Å². The first kappa shape index (κ1) is 14.7. The fourth-order valence-electron chi connectivity index (χ4n) is 1.30. The Morgan fingerprint density at radius 2 is 1.88 bits per heavy atom. The third kappa shape index (κ3) is 5.55. The van der Waals surface area contributed by atoms with E-state index < -0.39 is 24.6 Å². The van der Waals surface area contributed by atoms with E-state index in [0.717, 1.165) is 19.3 Å². The van der Waals surface area contributed by atoms with Crippen LogP contribution in [0.2, 0.25) is 0 Å². The summed E-state index contributed by atoms with van der Waals surface area (Å²) in [5.74, 6) is -1.25. The number of urea groups is 1. The summed E-state index contributed by atoms with van der Waals surface area (Å²) in [6, 6.07) is -1.76. The number of carboxylic acid groups (broad SMARTS) is 1. The van der Waals surface area contributed by atoms with E-state index in [-0.39, 0.29) is 6.04 Å². The molecule has 0 aliphatic rings. The SMILES string of the molecule is CCCC(CC)NC(=O)NC(CO)C(=O)O. The maximum absolute atomic E-state index is 11.4. The Labute approximate surface area is 95.0 Å². The molecule has 0 aliphatic carbocycles. The van der Waals surface area contributed by atoms with E-state index >= 15 is 0 Å². The van der Waals surface area contributed by atoms with Crippen molar-refractivity contribution in [1.29, 1.82) is 0 Å². The lowest BCUT2D eigenvalue weighted by atomic mass is 10.1. The van der Waals surface area contributed by atoms with E-state index in [1.54, 1.807) is 0 Å². The van der Waals surface area contributed by atoms with Gasteiger partial charge in [0.2, 0.25) is 0 Å². The molecule has 0 aromatic carbocycles. The van der Waals surface area contributed by atoms with Crippen molar-refractivity contribution in [2.24, 2.45) is 0 Å². The van der Waals surface area contributed by atoms with Gasteiger partial charge in [-0.15, -0.1) is 0 Å². The lowest BCUT2D eigenvalue weighted by Crippen LogP contribution is -2.50. The Balaban J connectivity index is 4.09. The summed E-state index contributed by atoms with van der Waals surface area (Å²) in [6.07, 6.45) is 2.58. The standard InChI is InChI=1S/C10H20N2O4/c1-3-5-7(4-2)11-10(16)12-8(6-13)9(14)15/h7-8,13H,3-6H2,1-2H3,(H,14,15)(H2,11,12,16). The van der Waals surface area contributed by atoms with Crippen molar-refractivity contribution in [3.8, 4) is 0 Å². The second-order valence-corrected chi connectivity index (χ2v) is 3.59. The highest BCUT2D eigenvalue weighted by molar-refractivity contribution is 5.82. The van der Waals surface area contributed by atoms with Crippen LogP contribution in [0.4, 0.5) is 4.79 Å². The highest BCUT2D eigenvalue weighted by Gasteiger charge is 2.19. The number of amides is 2. The average molecular weight is 232 g/mol. The predicted octanol–water partition coefficient (Wildman–Crippen LogP) is 0.310. The molecule has 0 radical (unpaired) electrons. The summed E-state index contributed by atoms with van der Waals surface area (Å²) < 4.78 is 0. The topological polar surface area (TPSA) is 98.7 Å². The van der Waals surface area contributed by atoms with E-state index in [0.29, 0.717) is 0 Å². The van der Waals surface area contributed by atoms with Crippen molar-refractivity contribution in [2.45, 2.75) is 45.2 Å². The van der Waals surface area contributed by atoms with Crippen molar-refractivity contribution in [2.75, 3.05) is 6.61 Å². The number of aliphatic hydroxyl groups excluding tert-OH is 1. The molecule has 0 rings (SSSR count). The lowest BCUT2D eigenvalue weighted by molar-refractivity contribution is -0.140.